The molecule has 0 aliphatic carbocycles. The van der Waals surface area contributed by atoms with Crippen LogP contribution in [0.1, 0.15) is 11.1 Å². The molecular formula is C21H19Cl2N3O2. The van der Waals surface area contributed by atoms with E-state index in [4.69, 9.17) is 23.2 Å². The van der Waals surface area contributed by atoms with Crippen molar-refractivity contribution in [2.75, 3.05) is 6.54 Å². The number of carbonyl (C=O) groups excluding carboxylic acids is 1. The quantitative estimate of drug-likeness (QED) is 0.589. The summed E-state index contributed by atoms with van der Waals surface area (Å²) in [6.07, 6.45) is 1.98. The largest absolute Gasteiger partial charge is 0.336 e. The van der Waals surface area contributed by atoms with Gasteiger partial charge < -0.3 is 4.90 Å². The summed E-state index contributed by atoms with van der Waals surface area (Å²) in [6.45, 7) is 0.772. The van der Waals surface area contributed by atoms with Gasteiger partial charge >= 0.3 is 0 Å². The Hall–Kier alpha value is -2.63. The number of aromatic nitrogens is 2. The predicted octanol–water partition coefficient (Wildman–Crippen LogP) is 3.82. The summed E-state index contributed by atoms with van der Waals surface area (Å²) in [4.78, 5) is 26.9. The summed E-state index contributed by atoms with van der Waals surface area (Å²) in [5.74, 6) is -0.215. The monoisotopic (exact) mass is 415 g/mol. The van der Waals surface area contributed by atoms with Crippen LogP contribution in [0.25, 0.3) is 0 Å². The van der Waals surface area contributed by atoms with E-state index in [1.54, 1.807) is 4.90 Å². The maximum atomic E-state index is 12.9. The van der Waals surface area contributed by atoms with Gasteiger partial charge in [0.1, 0.15) is 11.6 Å². The maximum Gasteiger partial charge on any atom is 0.287 e. The lowest BCUT2D eigenvalue weighted by Crippen LogP contribution is -2.38. The summed E-state index contributed by atoms with van der Waals surface area (Å²) in [6, 6.07) is 19.7. The van der Waals surface area contributed by atoms with Crippen LogP contribution in [0.15, 0.2) is 71.7 Å². The average molecular weight is 416 g/mol. The number of carbonyl (C=O) groups is 1. The number of benzene rings is 2. The first kappa shape index (κ1) is 20.1. The Balaban J connectivity index is 1.77. The predicted molar refractivity (Wildman–Crippen MR) is 111 cm³/mol. The fourth-order valence-electron chi connectivity index (χ4n) is 2.79. The first-order valence-corrected chi connectivity index (χ1v) is 9.57. The lowest BCUT2D eigenvalue weighted by atomic mass is 10.1. The highest BCUT2D eigenvalue weighted by Crippen LogP contribution is 2.15. The summed E-state index contributed by atoms with van der Waals surface area (Å²) >= 11 is 11.7. The molecule has 0 radical (unpaired) electrons. The van der Waals surface area contributed by atoms with Crippen LogP contribution in [0.2, 0.25) is 10.0 Å². The molecule has 0 aliphatic rings. The Morgan fingerprint density at radius 1 is 0.964 bits per heavy atom. The highest BCUT2D eigenvalue weighted by atomic mass is 35.5. The third-order valence-electron chi connectivity index (χ3n) is 4.31. The minimum atomic E-state index is -0.578. The zero-order chi connectivity index (χ0) is 19.9. The van der Waals surface area contributed by atoms with Gasteiger partial charge in [0.2, 0.25) is 5.91 Å². The van der Waals surface area contributed by atoms with Crippen LogP contribution < -0.4 is 5.56 Å². The fraction of sp³-hybridized carbons (Fsp3) is 0.190. The molecule has 1 amide bonds. The van der Waals surface area contributed by atoms with E-state index in [2.05, 4.69) is 5.10 Å². The normalized spacial score (nSPS) is 10.6. The van der Waals surface area contributed by atoms with E-state index in [9.17, 15) is 9.59 Å². The Morgan fingerprint density at radius 3 is 2.21 bits per heavy atom. The molecule has 7 heteroatoms. The van der Waals surface area contributed by atoms with Crippen molar-refractivity contribution >= 4 is 29.1 Å². The van der Waals surface area contributed by atoms with Gasteiger partial charge in [-0.1, -0.05) is 83.9 Å². The standard InChI is InChI=1S/C21H19Cl2N3O2/c22-18-13-24-26(21(28)20(18)23)15-19(27)25(14-17-9-5-2-6-10-17)12-11-16-7-3-1-4-8-16/h1-10,13H,11-12,14-15H2. The molecule has 144 valence electrons. The molecule has 0 saturated carbocycles. The molecule has 0 atom stereocenters. The number of amides is 1. The van der Waals surface area contributed by atoms with Crippen molar-refractivity contribution < 1.29 is 4.79 Å². The van der Waals surface area contributed by atoms with Crippen molar-refractivity contribution in [3.63, 3.8) is 0 Å². The van der Waals surface area contributed by atoms with Crippen LogP contribution in [0, 0.1) is 0 Å². The molecule has 3 aromatic rings. The van der Waals surface area contributed by atoms with E-state index in [1.807, 2.05) is 60.7 Å². The van der Waals surface area contributed by atoms with Crippen molar-refractivity contribution in [3.05, 3.63) is 98.4 Å². The molecule has 0 fully saturated rings. The molecule has 2 aromatic carbocycles. The molecule has 28 heavy (non-hydrogen) atoms. The number of nitrogens with zero attached hydrogens (tertiary/aromatic N) is 3. The van der Waals surface area contributed by atoms with Gasteiger partial charge in [-0.25, -0.2) is 4.68 Å². The molecule has 3 rings (SSSR count). The summed E-state index contributed by atoms with van der Waals surface area (Å²) in [7, 11) is 0. The number of hydrogen-bond donors (Lipinski definition) is 0. The van der Waals surface area contributed by atoms with Crippen molar-refractivity contribution in [1.82, 2.24) is 14.7 Å². The molecule has 5 nitrogen and oxygen atoms in total. The fourth-order valence-corrected chi connectivity index (χ4v) is 3.06. The number of rotatable bonds is 7. The smallest absolute Gasteiger partial charge is 0.287 e. The number of hydrogen-bond acceptors (Lipinski definition) is 3. The molecule has 0 saturated heterocycles. The molecule has 0 bridgehead atoms. The minimum absolute atomic E-state index is 0.0700. The van der Waals surface area contributed by atoms with Crippen LogP contribution >= 0.6 is 23.2 Å². The van der Waals surface area contributed by atoms with E-state index < -0.39 is 5.56 Å². The second-order valence-electron chi connectivity index (χ2n) is 6.31. The van der Waals surface area contributed by atoms with Crippen LogP contribution in [-0.4, -0.2) is 27.1 Å². The van der Waals surface area contributed by atoms with Crippen molar-refractivity contribution in [1.29, 1.82) is 0 Å². The zero-order valence-corrected chi connectivity index (χ0v) is 16.6. The van der Waals surface area contributed by atoms with Gasteiger partial charge in [-0.2, -0.15) is 5.10 Å². The van der Waals surface area contributed by atoms with Crippen molar-refractivity contribution in [2.24, 2.45) is 0 Å². The lowest BCUT2D eigenvalue weighted by molar-refractivity contribution is -0.132. The zero-order valence-electron chi connectivity index (χ0n) is 15.1. The van der Waals surface area contributed by atoms with Crippen LogP contribution in [0.5, 0.6) is 0 Å². The first-order chi connectivity index (χ1) is 13.5. The maximum absolute atomic E-state index is 12.9. The highest BCUT2D eigenvalue weighted by molar-refractivity contribution is 6.41. The highest BCUT2D eigenvalue weighted by Gasteiger charge is 2.17. The van der Waals surface area contributed by atoms with Crippen molar-refractivity contribution in [3.8, 4) is 0 Å². The Labute approximate surface area is 173 Å². The van der Waals surface area contributed by atoms with Gasteiger partial charge in [-0.15, -0.1) is 0 Å². The topological polar surface area (TPSA) is 55.2 Å². The minimum Gasteiger partial charge on any atom is -0.336 e. The number of halogens is 2. The SMILES string of the molecule is O=C(Cn1ncc(Cl)c(Cl)c1=O)N(CCc1ccccc1)Cc1ccccc1. The van der Waals surface area contributed by atoms with Gasteiger partial charge in [0.05, 0.1) is 11.2 Å². The van der Waals surface area contributed by atoms with E-state index in [1.165, 1.54) is 6.20 Å². The van der Waals surface area contributed by atoms with Gasteiger partial charge in [0.15, 0.2) is 0 Å². The molecule has 0 unspecified atom stereocenters. The molecular weight excluding hydrogens is 397 g/mol. The third-order valence-corrected chi connectivity index (χ3v) is 5.06. The van der Waals surface area contributed by atoms with E-state index >= 15 is 0 Å². The van der Waals surface area contributed by atoms with Gasteiger partial charge in [-0.05, 0) is 17.5 Å². The van der Waals surface area contributed by atoms with E-state index in [0.717, 1.165) is 15.8 Å². The Kier molecular flexibility index (Phi) is 6.85. The Bertz CT molecular complexity index is 992. The van der Waals surface area contributed by atoms with E-state index in [0.29, 0.717) is 19.5 Å². The van der Waals surface area contributed by atoms with Gasteiger partial charge in [0, 0.05) is 13.1 Å². The molecule has 0 spiro atoms. The summed E-state index contributed by atoms with van der Waals surface area (Å²) in [5.41, 5.74) is 1.57. The second kappa shape index (κ2) is 9.53. The lowest BCUT2D eigenvalue weighted by Gasteiger charge is -2.23. The molecule has 1 aromatic heterocycles. The van der Waals surface area contributed by atoms with Gasteiger partial charge in [-0.3, -0.25) is 9.59 Å². The molecule has 1 heterocycles. The second-order valence-corrected chi connectivity index (χ2v) is 7.09. The van der Waals surface area contributed by atoms with Crippen molar-refractivity contribution in [2.45, 2.75) is 19.5 Å². The van der Waals surface area contributed by atoms with Gasteiger partial charge in [0.25, 0.3) is 5.56 Å². The van der Waals surface area contributed by atoms with E-state index in [-0.39, 0.29) is 22.5 Å². The first-order valence-electron chi connectivity index (χ1n) is 8.81. The summed E-state index contributed by atoms with van der Waals surface area (Å²) in [5, 5.41) is 3.86. The van der Waals surface area contributed by atoms with Crippen LogP contribution in [0.4, 0.5) is 0 Å². The Morgan fingerprint density at radius 2 is 1.57 bits per heavy atom. The molecule has 0 aliphatic heterocycles. The molecule has 0 N–H and O–H groups in total. The van der Waals surface area contributed by atoms with Crippen LogP contribution in [-0.2, 0) is 24.3 Å². The third kappa shape index (κ3) is 5.21. The van der Waals surface area contributed by atoms with Crippen LogP contribution in [0.3, 0.4) is 0 Å². The average Bonchev–Trinajstić information content (AvgIpc) is 2.73. The summed E-state index contributed by atoms with van der Waals surface area (Å²) < 4.78 is 1.04.